The molecule has 6 rings (SSSR count). The first-order valence-electron chi connectivity index (χ1n) is 18.9. The smallest absolute Gasteiger partial charge is 0.407 e. The van der Waals surface area contributed by atoms with E-state index in [0.29, 0.717) is 18.6 Å². The molecule has 0 radical (unpaired) electrons. The average molecular weight is 771 g/mol. The molecule has 0 bridgehead atoms. The van der Waals surface area contributed by atoms with Crippen LogP contribution in [0.4, 0.5) is 4.79 Å². The number of benzene rings is 5. The van der Waals surface area contributed by atoms with Gasteiger partial charge in [-0.2, -0.15) is 0 Å². The van der Waals surface area contributed by atoms with Crippen LogP contribution in [-0.2, 0) is 23.9 Å². The summed E-state index contributed by atoms with van der Waals surface area (Å²) in [6, 6.07) is 45.5. The van der Waals surface area contributed by atoms with Gasteiger partial charge in [0.25, 0.3) is 0 Å². The van der Waals surface area contributed by atoms with Gasteiger partial charge in [0.15, 0.2) is 5.78 Å². The molecule has 10 heteroatoms. The van der Waals surface area contributed by atoms with Crippen molar-refractivity contribution in [1.29, 1.82) is 0 Å². The predicted octanol–water partition coefficient (Wildman–Crippen LogP) is 7.30. The highest BCUT2D eigenvalue weighted by Crippen LogP contribution is 2.49. The average Bonchev–Trinajstić information content (AvgIpc) is 3.56. The maximum Gasteiger partial charge on any atom is 0.407 e. The molecule has 0 heterocycles. The molecule has 1 aliphatic rings. The Bertz CT molecular complexity index is 1940. The van der Waals surface area contributed by atoms with Gasteiger partial charge in [0.05, 0.1) is 22.7 Å². The second-order valence-electron chi connectivity index (χ2n) is 13.7. The van der Waals surface area contributed by atoms with Crippen molar-refractivity contribution in [3.63, 3.8) is 0 Å². The Morgan fingerprint density at radius 1 is 0.661 bits per heavy atom. The lowest BCUT2D eigenvalue weighted by Gasteiger charge is -2.36. The third kappa shape index (κ3) is 9.74. The normalized spacial score (nSPS) is 13.5. The zero-order valence-corrected chi connectivity index (χ0v) is 32.6. The quantitative estimate of drug-likeness (QED) is 0.0764. The van der Waals surface area contributed by atoms with Gasteiger partial charge in [0.1, 0.15) is 6.61 Å². The molecule has 7 N–H and O–H groups in total. The van der Waals surface area contributed by atoms with Crippen molar-refractivity contribution in [2.45, 2.75) is 55.9 Å². The molecule has 0 saturated carbocycles. The standard InChI is InChI=1S/C42H40N2O4S.C4H10N2O/c1-2-38(44-41(47)48-27-37-35-24-14-12-22-33(35)34-23-13-15-25-36(34)37)39(45)26-29(40(43)46)28-49-42(30-16-6-3-7-17-30,31-18-8-4-9-19-31)32-20-10-5-11-21-32;1-2-3(5)4(6)7/h3-25,29,37-38H,2,26-28H2,1H3,(H2,43,46)(H,44,47);3H,2,5H2,1H3,(H2,6,7)/t29-,38-;3-/m11/s1. The van der Waals surface area contributed by atoms with Crippen molar-refractivity contribution >= 4 is 35.5 Å². The van der Waals surface area contributed by atoms with Crippen LogP contribution in [0, 0.1) is 5.92 Å². The first kappa shape index (κ1) is 41.5. The fraction of sp³-hybridized carbons (Fsp3) is 0.261. The number of carbonyl (C=O) groups excluding carboxylic acids is 4. The number of ketones is 1. The van der Waals surface area contributed by atoms with Crippen LogP contribution < -0.4 is 22.5 Å². The number of amides is 3. The van der Waals surface area contributed by atoms with Crippen LogP contribution in [0.2, 0.25) is 0 Å². The Morgan fingerprint density at radius 2 is 1.11 bits per heavy atom. The fourth-order valence-corrected chi connectivity index (χ4v) is 8.66. The molecule has 1 aliphatic carbocycles. The van der Waals surface area contributed by atoms with E-state index in [1.165, 1.54) is 0 Å². The van der Waals surface area contributed by atoms with E-state index >= 15 is 0 Å². The van der Waals surface area contributed by atoms with Crippen LogP contribution in [0.1, 0.15) is 66.8 Å². The summed E-state index contributed by atoms with van der Waals surface area (Å²) < 4.78 is 5.05. The van der Waals surface area contributed by atoms with Gasteiger partial charge >= 0.3 is 6.09 Å². The molecule has 9 nitrogen and oxygen atoms in total. The topological polar surface area (TPSA) is 168 Å². The molecule has 0 spiro atoms. The highest BCUT2D eigenvalue weighted by molar-refractivity contribution is 8.00. The monoisotopic (exact) mass is 770 g/mol. The summed E-state index contributed by atoms with van der Waals surface area (Å²) in [4.78, 5) is 49.6. The molecule has 0 aliphatic heterocycles. The van der Waals surface area contributed by atoms with Gasteiger partial charge in [-0.3, -0.25) is 14.4 Å². The van der Waals surface area contributed by atoms with Crippen molar-refractivity contribution in [1.82, 2.24) is 5.32 Å². The largest absolute Gasteiger partial charge is 0.449 e. The van der Waals surface area contributed by atoms with Gasteiger partial charge < -0.3 is 27.3 Å². The van der Waals surface area contributed by atoms with Crippen molar-refractivity contribution in [3.05, 3.63) is 167 Å². The Labute approximate surface area is 333 Å². The summed E-state index contributed by atoms with van der Waals surface area (Å²) in [6.45, 7) is 3.78. The predicted molar refractivity (Wildman–Crippen MR) is 224 cm³/mol. The van der Waals surface area contributed by atoms with Crippen LogP contribution in [0.15, 0.2) is 140 Å². The molecule has 0 aromatic heterocycles. The maximum atomic E-state index is 13.7. The number of hydrogen-bond acceptors (Lipinski definition) is 7. The lowest BCUT2D eigenvalue weighted by atomic mass is 9.84. The minimum atomic E-state index is -0.815. The van der Waals surface area contributed by atoms with Crippen LogP contribution in [-0.4, -0.2) is 48.1 Å². The molecule has 0 fully saturated rings. The van der Waals surface area contributed by atoms with E-state index in [1.807, 2.05) is 92.7 Å². The van der Waals surface area contributed by atoms with E-state index in [9.17, 15) is 19.2 Å². The number of nitrogens with one attached hydrogen (secondary N) is 1. The summed E-state index contributed by atoms with van der Waals surface area (Å²) in [5, 5.41) is 2.76. The minimum absolute atomic E-state index is 0.0932. The molecular formula is C46H50N4O5S. The second-order valence-corrected chi connectivity index (χ2v) is 14.9. The molecule has 3 amide bonds. The summed E-state index contributed by atoms with van der Waals surface area (Å²) in [5.74, 6) is -1.80. The van der Waals surface area contributed by atoms with Gasteiger partial charge in [-0.05, 0) is 51.8 Å². The molecule has 56 heavy (non-hydrogen) atoms. The highest BCUT2D eigenvalue weighted by atomic mass is 32.2. The third-order valence-electron chi connectivity index (χ3n) is 10.1. The molecule has 290 valence electrons. The van der Waals surface area contributed by atoms with Gasteiger partial charge in [-0.1, -0.05) is 153 Å². The number of thioether (sulfide) groups is 1. The molecule has 3 atom stereocenters. The minimum Gasteiger partial charge on any atom is -0.449 e. The highest BCUT2D eigenvalue weighted by Gasteiger charge is 2.39. The van der Waals surface area contributed by atoms with Crippen molar-refractivity contribution in [2.75, 3.05) is 12.4 Å². The number of carbonyl (C=O) groups is 4. The number of Topliss-reactive ketones (excluding diaryl/α,β-unsaturated/α-hetero) is 1. The van der Waals surface area contributed by atoms with E-state index in [1.54, 1.807) is 11.8 Å². The Kier molecular flexibility index (Phi) is 14.6. The van der Waals surface area contributed by atoms with Gasteiger partial charge in [0, 0.05) is 18.1 Å². The number of ether oxygens (including phenoxy) is 1. The number of hydrogen-bond donors (Lipinski definition) is 4. The molecule has 0 saturated heterocycles. The Balaban J connectivity index is 0.000000784. The lowest BCUT2D eigenvalue weighted by molar-refractivity contribution is -0.127. The summed E-state index contributed by atoms with van der Waals surface area (Å²) >= 11 is 1.59. The van der Waals surface area contributed by atoms with E-state index < -0.39 is 40.7 Å². The molecule has 0 unspecified atom stereocenters. The Morgan fingerprint density at radius 3 is 1.50 bits per heavy atom. The number of primary amides is 2. The fourth-order valence-electron chi connectivity index (χ4n) is 7.01. The van der Waals surface area contributed by atoms with Gasteiger partial charge in [0.2, 0.25) is 11.8 Å². The van der Waals surface area contributed by atoms with E-state index in [-0.39, 0.29) is 24.7 Å². The van der Waals surface area contributed by atoms with Crippen molar-refractivity contribution in [2.24, 2.45) is 23.1 Å². The first-order chi connectivity index (χ1) is 27.1. The van der Waals surface area contributed by atoms with Crippen LogP contribution in [0.3, 0.4) is 0 Å². The second kappa shape index (κ2) is 19.7. The van der Waals surface area contributed by atoms with Gasteiger partial charge in [-0.15, -0.1) is 11.8 Å². The SMILES string of the molecule is CC[C@@H](N)C(N)=O.CC[C@@H](NC(=O)OCC1c2ccccc2-c2ccccc21)C(=O)C[C@H](CSC(c1ccccc1)(c1ccccc1)c1ccccc1)C(N)=O. The third-order valence-corrected chi connectivity index (χ3v) is 11.8. The molecular weight excluding hydrogens is 721 g/mol. The zero-order chi connectivity index (χ0) is 40.1. The summed E-state index contributed by atoms with van der Waals surface area (Å²) in [7, 11) is 0. The van der Waals surface area contributed by atoms with E-state index in [2.05, 4.69) is 66.0 Å². The number of rotatable bonds is 16. The van der Waals surface area contributed by atoms with Gasteiger partial charge in [-0.25, -0.2) is 4.79 Å². The number of nitrogens with two attached hydrogens (primary N) is 3. The van der Waals surface area contributed by atoms with E-state index in [0.717, 1.165) is 38.9 Å². The van der Waals surface area contributed by atoms with E-state index in [4.69, 9.17) is 21.9 Å². The molecule has 5 aromatic carbocycles. The summed E-state index contributed by atoms with van der Waals surface area (Å²) in [6.07, 6.45) is 0.209. The lowest BCUT2D eigenvalue weighted by Crippen LogP contribution is -2.43. The van der Waals surface area contributed by atoms with Crippen LogP contribution in [0.25, 0.3) is 11.1 Å². The number of alkyl carbamates (subject to hydrolysis) is 1. The zero-order valence-electron chi connectivity index (χ0n) is 31.8. The van der Waals surface area contributed by atoms with Crippen LogP contribution >= 0.6 is 11.8 Å². The Hall–Kier alpha value is -5.71. The van der Waals surface area contributed by atoms with Crippen molar-refractivity contribution < 1.29 is 23.9 Å². The van der Waals surface area contributed by atoms with Crippen molar-refractivity contribution in [3.8, 4) is 11.1 Å². The maximum absolute atomic E-state index is 13.7. The van der Waals surface area contributed by atoms with Crippen LogP contribution in [0.5, 0.6) is 0 Å². The first-order valence-corrected chi connectivity index (χ1v) is 19.9. The number of fused-ring (bicyclic) bond motifs is 3. The molecule has 5 aromatic rings. The summed E-state index contributed by atoms with van der Waals surface area (Å²) in [5.41, 5.74) is 23.5.